The zero-order chi connectivity index (χ0) is 13.3. The van der Waals surface area contributed by atoms with Gasteiger partial charge in [0, 0.05) is 32.2 Å². The van der Waals surface area contributed by atoms with Crippen LogP contribution >= 0.6 is 0 Å². The Labute approximate surface area is 106 Å². The monoisotopic (exact) mass is 250 g/mol. The molecular formula is C12H18N4O2. The molecule has 18 heavy (non-hydrogen) atoms. The van der Waals surface area contributed by atoms with Crippen LogP contribution in [0.1, 0.15) is 11.1 Å². The van der Waals surface area contributed by atoms with Crippen molar-refractivity contribution in [2.75, 3.05) is 32.9 Å². The lowest BCUT2D eigenvalue weighted by Gasteiger charge is -2.17. The highest BCUT2D eigenvalue weighted by Gasteiger charge is 2.23. The van der Waals surface area contributed by atoms with Crippen molar-refractivity contribution >= 4 is 11.4 Å². The summed E-state index contributed by atoms with van der Waals surface area (Å²) in [6.45, 7) is 3.52. The number of rotatable bonds is 4. The van der Waals surface area contributed by atoms with Gasteiger partial charge in [-0.3, -0.25) is 15.0 Å². The number of fused-ring (bicyclic) bond motifs is 1. The minimum absolute atomic E-state index is 0.0169. The third kappa shape index (κ3) is 2.60. The number of nitro groups is 1. The molecule has 0 spiro atoms. The summed E-state index contributed by atoms with van der Waals surface area (Å²) in [7, 11) is 4.07. The predicted octanol–water partition coefficient (Wildman–Crippen LogP) is 1.05. The molecule has 2 N–H and O–H groups in total. The number of nitrogen functional groups attached to an aromatic ring is 1. The fourth-order valence-corrected chi connectivity index (χ4v) is 2.19. The third-order valence-corrected chi connectivity index (χ3v) is 3.20. The summed E-state index contributed by atoms with van der Waals surface area (Å²) < 4.78 is 0. The molecule has 1 aliphatic rings. The Morgan fingerprint density at radius 1 is 1.39 bits per heavy atom. The van der Waals surface area contributed by atoms with Gasteiger partial charge in [0.2, 0.25) is 0 Å². The molecule has 0 bridgehead atoms. The number of hydrogen-bond donors (Lipinski definition) is 1. The summed E-state index contributed by atoms with van der Waals surface area (Å²) in [5.41, 5.74) is 8.10. The van der Waals surface area contributed by atoms with Crippen LogP contribution in [0.5, 0.6) is 0 Å². The van der Waals surface area contributed by atoms with Gasteiger partial charge in [-0.15, -0.1) is 0 Å². The van der Waals surface area contributed by atoms with E-state index in [1.165, 1.54) is 0 Å². The minimum atomic E-state index is -0.419. The average Bonchev–Trinajstić information content (AvgIpc) is 2.66. The van der Waals surface area contributed by atoms with E-state index in [2.05, 4.69) is 9.80 Å². The first-order chi connectivity index (χ1) is 8.47. The highest BCUT2D eigenvalue weighted by molar-refractivity contribution is 5.62. The molecule has 98 valence electrons. The van der Waals surface area contributed by atoms with Crippen molar-refractivity contribution in [2.24, 2.45) is 0 Å². The van der Waals surface area contributed by atoms with Crippen LogP contribution in [0.25, 0.3) is 0 Å². The number of anilines is 1. The van der Waals surface area contributed by atoms with E-state index < -0.39 is 4.92 Å². The molecule has 2 rings (SSSR count). The average molecular weight is 250 g/mol. The lowest BCUT2D eigenvalue weighted by atomic mass is 10.1. The first-order valence-electron chi connectivity index (χ1n) is 5.90. The first-order valence-corrected chi connectivity index (χ1v) is 5.90. The van der Waals surface area contributed by atoms with Crippen molar-refractivity contribution in [1.29, 1.82) is 0 Å². The Balaban J connectivity index is 2.12. The maximum atomic E-state index is 10.8. The van der Waals surface area contributed by atoms with Gasteiger partial charge in [0.25, 0.3) is 5.69 Å². The van der Waals surface area contributed by atoms with E-state index in [0.29, 0.717) is 0 Å². The van der Waals surface area contributed by atoms with Crippen LogP contribution in [0.3, 0.4) is 0 Å². The molecule has 0 aliphatic carbocycles. The van der Waals surface area contributed by atoms with Gasteiger partial charge < -0.3 is 10.6 Å². The molecule has 0 aromatic heterocycles. The van der Waals surface area contributed by atoms with E-state index in [0.717, 1.165) is 37.3 Å². The maximum absolute atomic E-state index is 10.8. The quantitative estimate of drug-likeness (QED) is 0.491. The molecule has 1 aromatic rings. The predicted molar refractivity (Wildman–Crippen MR) is 70.2 cm³/mol. The highest BCUT2D eigenvalue weighted by Crippen LogP contribution is 2.31. The Morgan fingerprint density at radius 2 is 2.00 bits per heavy atom. The Bertz CT molecular complexity index is 473. The normalized spacial score (nSPS) is 15.1. The zero-order valence-corrected chi connectivity index (χ0v) is 10.7. The van der Waals surface area contributed by atoms with Gasteiger partial charge in [0.1, 0.15) is 5.69 Å². The van der Waals surface area contributed by atoms with Crippen LogP contribution in [0.4, 0.5) is 11.4 Å². The van der Waals surface area contributed by atoms with E-state index >= 15 is 0 Å². The number of nitrogens with zero attached hydrogens (tertiary/aromatic N) is 3. The summed E-state index contributed by atoms with van der Waals surface area (Å²) in [4.78, 5) is 14.8. The van der Waals surface area contributed by atoms with Gasteiger partial charge in [-0.2, -0.15) is 0 Å². The molecule has 0 unspecified atom stereocenters. The summed E-state index contributed by atoms with van der Waals surface area (Å²) in [6.07, 6.45) is 0. The van der Waals surface area contributed by atoms with E-state index in [4.69, 9.17) is 5.73 Å². The van der Waals surface area contributed by atoms with Gasteiger partial charge in [-0.1, -0.05) is 0 Å². The molecule has 1 aliphatic heterocycles. The summed E-state index contributed by atoms with van der Waals surface area (Å²) in [5, 5.41) is 10.8. The molecule has 0 amide bonds. The summed E-state index contributed by atoms with van der Waals surface area (Å²) in [5.74, 6) is 0. The van der Waals surface area contributed by atoms with Crippen LogP contribution in [-0.4, -0.2) is 41.9 Å². The molecule has 1 aromatic carbocycles. The van der Waals surface area contributed by atoms with Crippen LogP contribution in [0.2, 0.25) is 0 Å². The van der Waals surface area contributed by atoms with Crippen molar-refractivity contribution < 1.29 is 4.92 Å². The second kappa shape index (κ2) is 4.91. The van der Waals surface area contributed by atoms with Crippen molar-refractivity contribution in [1.82, 2.24) is 9.80 Å². The lowest BCUT2D eigenvalue weighted by Crippen LogP contribution is -2.27. The SMILES string of the molecule is CN(C)CCN1Cc2cc(N)c([N+](=O)[O-])cc2C1. The second-order valence-electron chi connectivity index (χ2n) is 4.95. The summed E-state index contributed by atoms with van der Waals surface area (Å²) >= 11 is 0. The van der Waals surface area contributed by atoms with Crippen molar-refractivity contribution in [2.45, 2.75) is 13.1 Å². The van der Waals surface area contributed by atoms with Gasteiger partial charge in [-0.05, 0) is 31.3 Å². The number of hydrogen-bond acceptors (Lipinski definition) is 5. The van der Waals surface area contributed by atoms with Crippen molar-refractivity contribution in [3.05, 3.63) is 33.4 Å². The number of nitrogens with two attached hydrogens (primary N) is 1. The molecule has 0 fully saturated rings. The minimum Gasteiger partial charge on any atom is -0.393 e. The molecular weight excluding hydrogens is 232 g/mol. The maximum Gasteiger partial charge on any atom is 0.292 e. The van der Waals surface area contributed by atoms with Crippen LogP contribution in [0, 0.1) is 10.1 Å². The number of benzene rings is 1. The van der Waals surface area contributed by atoms with Crippen molar-refractivity contribution in [3.63, 3.8) is 0 Å². The van der Waals surface area contributed by atoms with Gasteiger partial charge in [0.05, 0.1) is 4.92 Å². The van der Waals surface area contributed by atoms with E-state index in [9.17, 15) is 10.1 Å². The van der Waals surface area contributed by atoms with E-state index in [-0.39, 0.29) is 11.4 Å². The van der Waals surface area contributed by atoms with Gasteiger partial charge >= 0.3 is 0 Å². The molecule has 0 radical (unpaired) electrons. The largest absolute Gasteiger partial charge is 0.393 e. The topological polar surface area (TPSA) is 75.6 Å². The van der Waals surface area contributed by atoms with Crippen LogP contribution in [0.15, 0.2) is 12.1 Å². The zero-order valence-electron chi connectivity index (χ0n) is 10.7. The smallest absolute Gasteiger partial charge is 0.292 e. The van der Waals surface area contributed by atoms with Crippen LogP contribution < -0.4 is 5.73 Å². The lowest BCUT2D eigenvalue weighted by molar-refractivity contribution is -0.384. The van der Waals surface area contributed by atoms with Gasteiger partial charge in [-0.25, -0.2) is 0 Å². The molecule has 0 saturated carbocycles. The van der Waals surface area contributed by atoms with Crippen molar-refractivity contribution in [3.8, 4) is 0 Å². The van der Waals surface area contributed by atoms with E-state index in [1.807, 2.05) is 14.1 Å². The summed E-state index contributed by atoms with van der Waals surface area (Å²) in [6, 6.07) is 3.35. The van der Waals surface area contributed by atoms with E-state index in [1.54, 1.807) is 12.1 Å². The first kappa shape index (κ1) is 12.8. The Kier molecular flexibility index (Phi) is 3.49. The molecule has 1 heterocycles. The van der Waals surface area contributed by atoms with Gasteiger partial charge in [0.15, 0.2) is 0 Å². The molecule has 0 saturated heterocycles. The third-order valence-electron chi connectivity index (χ3n) is 3.20. The highest BCUT2D eigenvalue weighted by atomic mass is 16.6. The second-order valence-corrected chi connectivity index (χ2v) is 4.95. The number of nitro benzene ring substituents is 1. The van der Waals surface area contributed by atoms with Crippen LogP contribution in [-0.2, 0) is 13.1 Å². The Hall–Kier alpha value is -1.66. The number of likely N-dealkylation sites (N-methyl/N-ethyl adjacent to an activating group) is 1. The fraction of sp³-hybridized carbons (Fsp3) is 0.500. The molecule has 6 heteroatoms. The Morgan fingerprint density at radius 3 is 2.56 bits per heavy atom. The molecule has 6 nitrogen and oxygen atoms in total. The molecule has 0 atom stereocenters. The standard InChI is InChI=1S/C12H18N4O2/c1-14(2)3-4-15-7-9-5-11(13)12(16(17)18)6-10(9)8-15/h5-6H,3-4,7-8,13H2,1-2H3. The fourth-order valence-electron chi connectivity index (χ4n) is 2.19.